The molecule has 82 valence electrons. The lowest BCUT2D eigenvalue weighted by atomic mass is 9.65. The van der Waals surface area contributed by atoms with Crippen LogP contribution in [0.3, 0.4) is 0 Å². The van der Waals surface area contributed by atoms with Crippen LogP contribution in [-0.2, 0) is 9.53 Å². The number of ketones is 1. The average Bonchev–Trinajstić information content (AvgIpc) is 2.67. The van der Waals surface area contributed by atoms with Gasteiger partial charge < -0.3 is 4.74 Å². The molecule has 3 aliphatic carbocycles. The predicted molar refractivity (Wildman–Crippen MR) is 59.9 cm³/mol. The van der Waals surface area contributed by atoms with Gasteiger partial charge in [-0.15, -0.1) is 0 Å². The number of carbonyl (C=O) groups is 1. The molecule has 4 aliphatic rings. The lowest BCUT2D eigenvalue weighted by molar-refractivity contribution is -0.189. The normalized spacial score (nSPS) is 47.7. The lowest BCUT2D eigenvalue weighted by Crippen LogP contribution is -2.60. The number of allylic oxidation sites excluding steroid dienone is 4. The summed E-state index contributed by atoms with van der Waals surface area (Å²) in [6.07, 6.45) is 5.48. The van der Waals surface area contributed by atoms with E-state index >= 15 is 0 Å². The van der Waals surface area contributed by atoms with Crippen molar-refractivity contribution < 1.29 is 9.53 Å². The molecular formula is C14H14O2. The van der Waals surface area contributed by atoms with Crippen LogP contribution < -0.4 is 0 Å². The predicted octanol–water partition coefficient (Wildman–Crippen LogP) is 2.32. The molecule has 1 spiro atoms. The first kappa shape index (κ1) is 8.94. The van der Waals surface area contributed by atoms with Crippen molar-refractivity contribution in [3.63, 3.8) is 0 Å². The summed E-state index contributed by atoms with van der Waals surface area (Å²) in [7, 11) is 0. The van der Waals surface area contributed by atoms with Gasteiger partial charge in [-0.2, -0.15) is 0 Å². The SMILES string of the molecule is CC1=CC2=C(C)[C@@]34CC3O[C@@]4(C)C(=O)C2=C1. The highest BCUT2D eigenvalue weighted by Crippen LogP contribution is 2.74. The number of ether oxygens (including phenoxy) is 1. The van der Waals surface area contributed by atoms with E-state index < -0.39 is 5.60 Å². The van der Waals surface area contributed by atoms with Crippen molar-refractivity contribution in [3.8, 4) is 0 Å². The van der Waals surface area contributed by atoms with Crippen molar-refractivity contribution in [2.75, 3.05) is 0 Å². The molecule has 0 N–H and O–H groups in total. The fourth-order valence-electron chi connectivity index (χ4n) is 3.87. The van der Waals surface area contributed by atoms with Gasteiger partial charge in [0, 0.05) is 5.57 Å². The summed E-state index contributed by atoms with van der Waals surface area (Å²) in [6, 6.07) is 0. The zero-order valence-electron chi connectivity index (χ0n) is 9.76. The van der Waals surface area contributed by atoms with Crippen LogP contribution in [0.1, 0.15) is 27.2 Å². The Hall–Kier alpha value is -1.15. The summed E-state index contributed by atoms with van der Waals surface area (Å²) in [6.45, 7) is 6.19. The Balaban J connectivity index is 2.02. The van der Waals surface area contributed by atoms with E-state index in [2.05, 4.69) is 13.0 Å². The first-order chi connectivity index (χ1) is 7.50. The van der Waals surface area contributed by atoms with Crippen LogP contribution in [0.5, 0.6) is 0 Å². The van der Waals surface area contributed by atoms with Crippen LogP contribution in [0.4, 0.5) is 0 Å². The first-order valence-corrected chi connectivity index (χ1v) is 5.85. The minimum atomic E-state index is -0.560. The second-order valence-electron chi connectivity index (χ2n) is 5.63. The van der Waals surface area contributed by atoms with E-state index in [-0.39, 0.29) is 11.2 Å². The molecule has 0 aromatic carbocycles. The van der Waals surface area contributed by atoms with Gasteiger partial charge in [0.2, 0.25) is 0 Å². The molecule has 1 saturated carbocycles. The number of hydrogen-bond donors (Lipinski definition) is 0. The Bertz CT molecular complexity index is 549. The topological polar surface area (TPSA) is 26.3 Å². The molecule has 2 heteroatoms. The van der Waals surface area contributed by atoms with E-state index in [9.17, 15) is 4.79 Å². The van der Waals surface area contributed by atoms with E-state index in [0.717, 1.165) is 12.0 Å². The zero-order valence-corrected chi connectivity index (χ0v) is 9.76. The molecule has 0 radical (unpaired) electrons. The fourth-order valence-corrected chi connectivity index (χ4v) is 3.87. The van der Waals surface area contributed by atoms with Gasteiger partial charge in [0.05, 0.1) is 11.5 Å². The Labute approximate surface area is 94.7 Å². The van der Waals surface area contributed by atoms with Crippen molar-refractivity contribution in [1.29, 1.82) is 0 Å². The minimum Gasteiger partial charge on any atom is -0.362 e. The van der Waals surface area contributed by atoms with Crippen molar-refractivity contribution in [2.24, 2.45) is 5.41 Å². The van der Waals surface area contributed by atoms with Gasteiger partial charge in [-0.1, -0.05) is 11.6 Å². The fraction of sp³-hybridized carbons (Fsp3) is 0.500. The van der Waals surface area contributed by atoms with Crippen LogP contribution in [-0.4, -0.2) is 17.5 Å². The summed E-state index contributed by atoms with van der Waals surface area (Å²) in [5.41, 5.74) is 4.08. The lowest BCUT2D eigenvalue weighted by Gasteiger charge is -2.49. The number of Topliss-reactive ketones (excluding diaryl/α,β-unsaturated/α-hetero) is 1. The van der Waals surface area contributed by atoms with Crippen molar-refractivity contribution in [2.45, 2.75) is 38.9 Å². The smallest absolute Gasteiger partial charge is 0.195 e. The molecular weight excluding hydrogens is 200 g/mol. The molecule has 3 atom stereocenters. The van der Waals surface area contributed by atoms with Crippen molar-refractivity contribution >= 4 is 5.78 Å². The molecule has 1 aliphatic heterocycles. The van der Waals surface area contributed by atoms with E-state index in [1.54, 1.807) is 0 Å². The molecule has 1 unspecified atom stereocenters. The van der Waals surface area contributed by atoms with Gasteiger partial charge in [0.1, 0.15) is 5.60 Å². The van der Waals surface area contributed by atoms with Crippen LogP contribution in [0.25, 0.3) is 0 Å². The highest BCUT2D eigenvalue weighted by Gasteiger charge is 2.81. The third kappa shape index (κ3) is 0.622. The molecule has 0 aromatic heterocycles. The van der Waals surface area contributed by atoms with Crippen LogP contribution in [0.2, 0.25) is 0 Å². The summed E-state index contributed by atoms with van der Waals surface area (Å²) in [4.78, 5) is 12.5. The molecule has 2 fully saturated rings. The Morgan fingerprint density at radius 2 is 2.12 bits per heavy atom. The third-order valence-electron chi connectivity index (χ3n) is 4.91. The van der Waals surface area contributed by atoms with Crippen LogP contribution in [0, 0.1) is 5.41 Å². The Morgan fingerprint density at radius 1 is 1.38 bits per heavy atom. The van der Waals surface area contributed by atoms with Gasteiger partial charge in [0.15, 0.2) is 5.78 Å². The maximum atomic E-state index is 12.5. The Morgan fingerprint density at radius 3 is 2.75 bits per heavy atom. The number of rotatable bonds is 0. The molecule has 1 heterocycles. The van der Waals surface area contributed by atoms with E-state index in [4.69, 9.17) is 4.74 Å². The van der Waals surface area contributed by atoms with E-state index in [1.165, 1.54) is 16.7 Å². The van der Waals surface area contributed by atoms with Crippen molar-refractivity contribution in [1.82, 2.24) is 0 Å². The Kier molecular flexibility index (Phi) is 1.18. The van der Waals surface area contributed by atoms with E-state index in [1.807, 2.05) is 19.9 Å². The van der Waals surface area contributed by atoms with Gasteiger partial charge in [-0.3, -0.25) is 4.79 Å². The number of hydrogen-bond acceptors (Lipinski definition) is 2. The number of carbonyl (C=O) groups excluding carboxylic acids is 1. The summed E-state index contributed by atoms with van der Waals surface area (Å²) < 4.78 is 5.77. The highest BCUT2D eigenvalue weighted by atomic mass is 16.6. The molecule has 16 heavy (non-hydrogen) atoms. The molecule has 1 saturated heterocycles. The van der Waals surface area contributed by atoms with Gasteiger partial charge in [-0.05, 0) is 44.4 Å². The van der Waals surface area contributed by atoms with Gasteiger partial charge >= 0.3 is 0 Å². The maximum Gasteiger partial charge on any atom is 0.195 e. The van der Waals surface area contributed by atoms with Gasteiger partial charge in [0.25, 0.3) is 0 Å². The van der Waals surface area contributed by atoms with Crippen LogP contribution in [0.15, 0.2) is 34.4 Å². The molecule has 2 nitrogen and oxygen atoms in total. The average molecular weight is 214 g/mol. The third-order valence-corrected chi connectivity index (χ3v) is 4.91. The minimum absolute atomic E-state index is 0.0534. The van der Waals surface area contributed by atoms with Crippen LogP contribution >= 0.6 is 0 Å². The summed E-state index contributed by atoms with van der Waals surface area (Å²) >= 11 is 0. The monoisotopic (exact) mass is 214 g/mol. The summed E-state index contributed by atoms with van der Waals surface area (Å²) in [5, 5.41) is 0. The largest absolute Gasteiger partial charge is 0.362 e. The second kappa shape index (κ2) is 2.12. The standard InChI is InChI=1S/C14H14O2/c1-7-4-9-8(2)14-6-11(14)16-13(14,3)12(15)10(9)5-7/h4-5,11H,6H2,1-3H3/t11?,13-,14-/m0/s1. The maximum absolute atomic E-state index is 12.5. The zero-order chi connectivity index (χ0) is 11.3. The van der Waals surface area contributed by atoms with Crippen molar-refractivity contribution in [3.05, 3.63) is 34.4 Å². The van der Waals surface area contributed by atoms with Gasteiger partial charge in [-0.25, -0.2) is 0 Å². The molecule has 0 amide bonds. The molecule has 4 rings (SSSR count). The highest BCUT2D eigenvalue weighted by molar-refractivity contribution is 6.11. The number of fused-ring (bicyclic) bond motifs is 1. The first-order valence-electron chi connectivity index (χ1n) is 5.85. The quantitative estimate of drug-likeness (QED) is 0.618. The second-order valence-corrected chi connectivity index (χ2v) is 5.63. The van der Waals surface area contributed by atoms with E-state index in [0.29, 0.717) is 6.10 Å². The molecule has 0 bridgehead atoms. The summed E-state index contributed by atoms with van der Waals surface area (Å²) in [5.74, 6) is 0.190. The molecule has 0 aromatic rings.